The van der Waals surface area contributed by atoms with Crippen molar-refractivity contribution >= 4 is 46.7 Å². The van der Waals surface area contributed by atoms with Crippen molar-refractivity contribution in [1.82, 2.24) is 25.0 Å². The van der Waals surface area contributed by atoms with E-state index in [2.05, 4.69) is 15.4 Å². The maximum Gasteiger partial charge on any atom is 0.416 e. The zero-order valence-corrected chi connectivity index (χ0v) is 21.2. The fourth-order valence-electron chi connectivity index (χ4n) is 3.14. The monoisotopic (exact) mass is 578 g/mol. The van der Waals surface area contributed by atoms with Crippen molar-refractivity contribution in [2.75, 3.05) is 6.54 Å². The molecule has 3 rings (SSSR count). The summed E-state index contributed by atoms with van der Waals surface area (Å²) >= 11 is 18.3. The first-order chi connectivity index (χ1) is 17.3. The molecule has 0 bridgehead atoms. The summed E-state index contributed by atoms with van der Waals surface area (Å²) in [5.41, 5.74) is 0.312. The Bertz CT molecular complexity index is 1260. The van der Waals surface area contributed by atoms with Gasteiger partial charge in [-0.15, -0.1) is 5.10 Å². The number of nitrogens with zero attached hydrogens (tertiary/aromatic N) is 4. The van der Waals surface area contributed by atoms with Crippen LogP contribution in [0, 0.1) is 5.41 Å². The summed E-state index contributed by atoms with van der Waals surface area (Å²) in [6, 6.07) is 9.05. The molecule has 3 aromatic rings. The van der Waals surface area contributed by atoms with Gasteiger partial charge in [-0.2, -0.15) is 13.2 Å². The molecule has 0 fully saturated rings. The second kappa shape index (κ2) is 11.7. The van der Waals surface area contributed by atoms with E-state index in [0.29, 0.717) is 9.92 Å². The molecule has 9 nitrogen and oxygen atoms in total. The molecule has 1 heterocycles. The summed E-state index contributed by atoms with van der Waals surface area (Å²) in [5, 5.41) is 35.3. The number of halogens is 6. The Morgan fingerprint density at radius 2 is 1.73 bits per heavy atom. The number of nitrogens with one attached hydrogen (secondary N) is 2. The standard InChI is InChI=1S/C22H20Cl3F3N6O3/c1-11(35)20-31-17(32-34(20)18-14(24)3-2-4-15(18)25)9-30-21(37)33(10-16(36)22(26,27)28)19(29)12-5-7-13(23)8-6-12/h2-8,11,16,29,35-36H,9-10H2,1H3,(H,30,37)/t11-,16+/m1/s1. The number of urea groups is 1. The van der Waals surface area contributed by atoms with Crippen LogP contribution < -0.4 is 5.32 Å². The molecule has 0 aliphatic rings. The number of benzene rings is 2. The maximum absolute atomic E-state index is 13.0. The van der Waals surface area contributed by atoms with Crippen molar-refractivity contribution in [3.8, 4) is 5.69 Å². The highest BCUT2D eigenvalue weighted by molar-refractivity contribution is 6.37. The molecule has 0 saturated carbocycles. The molecule has 2 amide bonds. The van der Waals surface area contributed by atoms with Gasteiger partial charge in [-0.3, -0.25) is 10.3 Å². The minimum absolute atomic E-state index is 0.0328. The lowest BCUT2D eigenvalue weighted by molar-refractivity contribution is -0.204. The van der Waals surface area contributed by atoms with E-state index < -0.39 is 43.3 Å². The van der Waals surface area contributed by atoms with E-state index in [1.54, 1.807) is 18.2 Å². The molecule has 4 N–H and O–H groups in total. The Balaban J connectivity index is 1.87. The fraction of sp³-hybridized carbons (Fsp3) is 0.273. The number of aliphatic hydroxyl groups is 2. The van der Waals surface area contributed by atoms with Crippen LogP contribution in [0.2, 0.25) is 15.1 Å². The fourth-order valence-corrected chi connectivity index (χ4v) is 3.82. The van der Waals surface area contributed by atoms with Crippen LogP contribution >= 0.6 is 34.8 Å². The Morgan fingerprint density at radius 1 is 1.14 bits per heavy atom. The van der Waals surface area contributed by atoms with Crippen LogP contribution in [0.3, 0.4) is 0 Å². The minimum Gasteiger partial charge on any atom is -0.385 e. The zero-order valence-electron chi connectivity index (χ0n) is 19.0. The van der Waals surface area contributed by atoms with Gasteiger partial charge in [0.2, 0.25) is 0 Å². The van der Waals surface area contributed by atoms with Gasteiger partial charge in [-0.25, -0.2) is 14.5 Å². The van der Waals surface area contributed by atoms with Crippen LogP contribution in [0.4, 0.5) is 18.0 Å². The van der Waals surface area contributed by atoms with Crippen molar-refractivity contribution < 1.29 is 28.2 Å². The van der Waals surface area contributed by atoms with Gasteiger partial charge >= 0.3 is 12.2 Å². The second-order valence-electron chi connectivity index (χ2n) is 7.73. The third-order valence-electron chi connectivity index (χ3n) is 4.96. The second-order valence-corrected chi connectivity index (χ2v) is 8.98. The van der Waals surface area contributed by atoms with Crippen molar-refractivity contribution in [3.63, 3.8) is 0 Å². The Labute approximate surface area is 223 Å². The molecule has 0 radical (unpaired) electrons. The SMILES string of the molecule is C[C@@H](O)c1nc(CNC(=O)N(C[C@H](O)C(F)(F)F)C(=N)c2ccc(Cl)cc2)nn1-c1c(Cl)cccc1Cl. The lowest BCUT2D eigenvalue weighted by Crippen LogP contribution is -2.50. The van der Waals surface area contributed by atoms with E-state index in [9.17, 15) is 28.2 Å². The summed E-state index contributed by atoms with van der Waals surface area (Å²) in [4.78, 5) is 17.5. The summed E-state index contributed by atoms with van der Waals surface area (Å²) in [6.45, 7) is -0.228. The van der Waals surface area contributed by atoms with Gasteiger partial charge in [0.05, 0.1) is 23.1 Å². The lowest BCUT2D eigenvalue weighted by Gasteiger charge is -2.26. The molecule has 0 aliphatic carbocycles. The molecule has 37 heavy (non-hydrogen) atoms. The zero-order chi connectivity index (χ0) is 27.5. The molecule has 198 valence electrons. The number of aliphatic hydroxyl groups excluding tert-OH is 2. The van der Waals surface area contributed by atoms with Crippen LogP contribution in [0.1, 0.15) is 30.2 Å². The van der Waals surface area contributed by atoms with Crippen LogP contribution in [0.25, 0.3) is 5.69 Å². The van der Waals surface area contributed by atoms with Gasteiger partial charge in [0.15, 0.2) is 17.8 Å². The van der Waals surface area contributed by atoms with Crippen molar-refractivity contribution in [1.29, 1.82) is 5.41 Å². The number of para-hydroxylation sites is 1. The average Bonchev–Trinajstić information content (AvgIpc) is 3.24. The number of alkyl halides is 3. The van der Waals surface area contributed by atoms with Crippen molar-refractivity contribution in [2.24, 2.45) is 0 Å². The molecule has 2 aromatic carbocycles. The molecule has 0 saturated heterocycles. The highest BCUT2D eigenvalue weighted by Crippen LogP contribution is 2.30. The van der Waals surface area contributed by atoms with E-state index in [4.69, 9.17) is 40.2 Å². The molecular weight excluding hydrogens is 560 g/mol. The number of carbonyl (C=O) groups is 1. The average molecular weight is 580 g/mol. The first kappa shape index (κ1) is 28.7. The van der Waals surface area contributed by atoms with Crippen molar-refractivity contribution in [3.05, 3.63) is 74.7 Å². The summed E-state index contributed by atoms with van der Waals surface area (Å²) in [5.74, 6) is -0.601. The molecule has 1 aromatic heterocycles. The maximum atomic E-state index is 13.0. The summed E-state index contributed by atoms with van der Waals surface area (Å²) < 4.78 is 40.3. The van der Waals surface area contributed by atoms with Crippen LogP contribution in [0.5, 0.6) is 0 Å². The third kappa shape index (κ3) is 6.90. The van der Waals surface area contributed by atoms with Gasteiger partial charge < -0.3 is 15.5 Å². The molecule has 0 aliphatic heterocycles. The molecule has 15 heteroatoms. The minimum atomic E-state index is -5.03. The predicted octanol–water partition coefficient (Wildman–Crippen LogP) is 4.74. The van der Waals surface area contributed by atoms with Gasteiger partial charge in [-0.05, 0) is 43.3 Å². The Hall–Kier alpha value is -2.90. The van der Waals surface area contributed by atoms with Gasteiger partial charge in [0.1, 0.15) is 17.6 Å². The van der Waals surface area contributed by atoms with Crippen LogP contribution in [-0.2, 0) is 6.54 Å². The molecule has 2 atom stereocenters. The molecule has 0 spiro atoms. The number of hydrogen-bond acceptors (Lipinski definition) is 6. The number of amidine groups is 1. The largest absolute Gasteiger partial charge is 0.416 e. The van der Waals surface area contributed by atoms with Crippen LogP contribution in [-0.4, -0.2) is 60.6 Å². The first-order valence-electron chi connectivity index (χ1n) is 10.5. The Kier molecular flexibility index (Phi) is 9.03. The molecular formula is C22H20Cl3F3N6O3. The number of aromatic nitrogens is 3. The van der Waals surface area contributed by atoms with Crippen molar-refractivity contribution in [2.45, 2.75) is 31.9 Å². The smallest absolute Gasteiger partial charge is 0.385 e. The van der Waals surface area contributed by atoms with Gasteiger partial charge in [-0.1, -0.05) is 40.9 Å². The summed E-state index contributed by atoms with van der Waals surface area (Å²) in [6.07, 6.45) is -9.06. The quantitative estimate of drug-likeness (QED) is 0.238. The van der Waals surface area contributed by atoms with E-state index in [1.807, 2.05) is 0 Å². The molecule has 0 unspecified atom stereocenters. The van der Waals surface area contributed by atoms with E-state index in [0.717, 1.165) is 0 Å². The number of amides is 2. The van der Waals surface area contributed by atoms with E-state index >= 15 is 0 Å². The number of hydrogen-bond donors (Lipinski definition) is 4. The number of rotatable bonds is 7. The normalized spacial score (nSPS) is 13.2. The summed E-state index contributed by atoms with van der Waals surface area (Å²) in [7, 11) is 0. The number of carbonyl (C=O) groups excluding carboxylic acids is 1. The Morgan fingerprint density at radius 3 is 2.27 bits per heavy atom. The van der Waals surface area contributed by atoms with Gasteiger partial charge in [0.25, 0.3) is 0 Å². The topological polar surface area (TPSA) is 127 Å². The van der Waals surface area contributed by atoms with Gasteiger partial charge in [0, 0.05) is 10.6 Å². The highest BCUT2D eigenvalue weighted by Gasteiger charge is 2.41. The van der Waals surface area contributed by atoms with E-state index in [1.165, 1.54) is 35.9 Å². The third-order valence-corrected chi connectivity index (χ3v) is 5.82. The first-order valence-corrected chi connectivity index (χ1v) is 11.7. The van der Waals surface area contributed by atoms with E-state index in [-0.39, 0.29) is 32.9 Å². The van der Waals surface area contributed by atoms with Crippen LogP contribution in [0.15, 0.2) is 42.5 Å². The predicted molar refractivity (Wildman–Crippen MR) is 131 cm³/mol. The highest BCUT2D eigenvalue weighted by atomic mass is 35.5. The lowest BCUT2D eigenvalue weighted by atomic mass is 10.2.